The third-order valence-corrected chi connectivity index (χ3v) is 3.23. The first-order valence-corrected chi connectivity index (χ1v) is 6.35. The van der Waals surface area contributed by atoms with Gasteiger partial charge in [-0.15, -0.1) is 0 Å². The summed E-state index contributed by atoms with van der Waals surface area (Å²) in [4.78, 5) is 0. The van der Waals surface area contributed by atoms with Gasteiger partial charge >= 0.3 is 9.53 Å². The van der Waals surface area contributed by atoms with Gasteiger partial charge in [0.05, 0.1) is 0 Å². The standard InChI is InChI=1S/C6H12.C3H10O3Si/c1-2-4-6-5-3-1;1-4-7(5-2)6-3/h1-6H2;7H,1-3H3. The monoisotopic (exact) mass is 206 g/mol. The second-order valence-corrected chi connectivity index (χ2v) is 5.11. The van der Waals surface area contributed by atoms with Gasteiger partial charge in [-0.05, 0) is 0 Å². The van der Waals surface area contributed by atoms with E-state index in [0.717, 1.165) is 0 Å². The molecule has 0 aliphatic heterocycles. The molecule has 0 heterocycles. The van der Waals surface area contributed by atoms with Crippen LogP contribution in [0.5, 0.6) is 0 Å². The first-order chi connectivity index (χ1) is 6.35. The van der Waals surface area contributed by atoms with Crippen LogP contribution in [0.25, 0.3) is 0 Å². The molecule has 1 aliphatic carbocycles. The lowest BCUT2D eigenvalue weighted by Gasteiger charge is -2.05. The van der Waals surface area contributed by atoms with Gasteiger partial charge in [-0.25, -0.2) is 0 Å². The second-order valence-electron chi connectivity index (χ2n) is 3.12. The van der Waals surface area contributed by atoms with Gasteiger partial charge in [0.15, 0.2) is 0 Å². The van der Waals surface area contributed by atoms with Crippen LogP contribution in [0.3, 0.4) is 0 Å². The Labute approximate surface area is 83.3 Å². The normalized spacial score (nSPS) is 16.6. The van der Waals surface area contributed by atoms with E-state index in [-0.39, 0.29) is 0 Å². The Morgan fingerprint density at radius 2 is 0.846 bits per heavy atom. The van der Waals surface area contributed by atoms with Crippen molar-refractivity contribution in [2.45, 2.75) is 38.5 Å². The molecule has 0 atom stereocenters. The molecule has 0 aromatic heterocycles. The van der Waals surface area contributed by atoms with Crippen molar-refractivity contribution in [3.8, 4) is 0 Å². The van der Waals surface area contributed by atoms with Crippen molar-refractivity contribution in [1.82, 2.24) is 0 Å². The molecule has 1 rings (SSSR count). The molecular weight excluding hydrogens is 184 g/mol. The van der Waals surface area contributed by atoms with Gasteiger partial charge in [-0.1, -0.05) is 38.5 Å². The summed E-state index contributed by atoms with van der Waals surface area (Å²) in [5.41, 5.74) is 0. The first-order valence-electron chi connectivity index (χ1n) is 4.93. The highest BCUT2D eigenvalue weighted by Gasteiger charge is 2.04. The minimum Gasteiger partial charge on any atom is -0.379 e. The minimum atomic E-state index is -1.67. The number of rotatable bonds is 3. The van der Waals surface area contributed by atoms with Crippen LogP contribution in [-0.4, -0.2) is 30.9 Å². The molecule has 4 heteroatoms. The molecule has 0 aromatic rings. The van der Waals surface area contributed by atoms with E-state index >= 15 is 0 Å². The number of hydrogen-bond donors (Lipinski definition) is 0. The van der Waals surface area contributed by atoms with Gasteiger partial charge in [0.25, 0.3) is 0 Å². The van der Waals surface area contributed by atoms with Crippen molar-refractivity contribution >= 4 is 9.53 Å². The average Bonchev–Trinajstić information content (AvgIpc) is 2.24. The zero-order valence-corrected chi connectivity index (χ0v) is 10.2. The Hall–Kier alpha value is 0.0969. The summed E-state index contributed by atoms with van der Waals surface area (Å²) in [5.74, 6) is 0. The quantitative estimate of drug-likeness (QED) is 0.661. The van der Waals surface area contributed by atoms with Crippen LogP contribution in [0.15, 0.2) is 0 Å². The lowest BCUT2D eigenvalue weighted by molar-refractivity contribution is 0.163. The highest BCUT2D eigenvalue weighted by atomic mass is 28.3. The van der Waals surface area contributed by atoms with E-state index in [1.165, 1.54) is 38.5 Å². The molecule has 1 aliphatic rings. The van der Waals surface area contributed by atoms with Gasteiger partial charge in [0, 0.05) is 21.3 Å². The molecule has 0 spiro atoms. The highest BCUT2D eigenvalue weighted by molar-refractivity contribution is 6.36. The Morgan fingerprint density at radius 3 is 0.923 bits per heavy atom. The molecule has 0 aromatic carbocycles. The van der Waals surface area contributed by atoms with Crippen LogP contribution in [0.2, 0.25) is 0 Å². The zero-order valence-electron chi connectivity index (χ0n) is 9.04. The maximum absolute atomic E-state index is 4.74. The Balaban J connectivity index is 0.000000223. The predicted octanol–water partition coefficient (Wildman–Crippen LogP) is 1.98. The molecule has 0 radical (unpaired) electrons. The van der Waals surface area contributed by atoms with Crippen molar-refractivity contribution in [2.24, 2.45) is 0 Å². The molecule has 0 N–H and O–H groups in total. The minimum absolute atomic E-state index is 1.50. The van der Waals surface area contributed by atoms with E-state index in [2.05, 4.69) is 0 Å². The van der Waals surface area contributed by atoms with Crippen LogP contribution in [0.4, 0.5) is 0 Å². The summed E-state index contributed by atoms with van der Waals surface area (Å²) < 4.78 is 14.2. The summed E-state index contributed by atoms with van der Waals surface area (Å²) in [6, 6.07) is 0. The van der Waals surface area contributed by atoms with Crippen LogP contribution < -0.4 is 0 Å². The largest absolute Gasteiger partial charge is 0.483 e. The maximum Gasteiger partial charge on any atom is 0.483 e. The van der Waals surface area contributed by atoms with Crippen LogP contribution in [0, 0.1) is 0 Å². The third kappa shape index (κ3) is 8.43. The molecule has 0 saturated heterocycles. The lowest BCUT2D eigenvalue weighted by Crippen LogP contribution is -2.21. The molecule has 0 unspecified atom stereocenters. The summed E-state index contributed by atoms with van der Waals surface area (Å²) in [6.07, 6.45) is 9.00. The van der Waals surface area contributed by atoms with Crippen LogP contribution >= 0.6 is 0 Å². The van der Waals surface area contributed by atoms with Gasteiger partial charge in [0.2, 0.25) is 0 Å². The summed E-state index contributed by atoms with van der Waals surface area (Å²) in [7, 11) is 3.05. The Kier molecular flexibility index (Phi) is 10.3. The predicted molar refractivity (Wildman–Crippen MR) is 55.9 cm³/mol. The molecule has 0 bridgehead atoms. The molecular formula is C9H22O3Si. The highest BCUT2D eigenvalue weighted by Crippen LogP contribution is 2.15. The van der Waals surface area contributed by atoms with Crippen molar-refractivity contribution in [3.63, 3.8) is 0 Å². The zero-order chi connectivity index (χ0) is 9.94. The maximum atomic E-state index is 4.74. The van der Waals surface area contributed by atoms with Crippen LogP contribution in [-0.2, 0) is 13.3 Å². The molecule has 3 nitrogen and oxygen atoms in total. The topological polar surface area (TPSA) is 27.7 Å². The van der Waals surface area contributed by atoms with Crippen molar-refractivity contribution < 1.29 is 13.3 Å². The fraction of sp³-hybridized carbons (Fsp3) is 1.00. The molecule has 0 amide bonds. The molecule has 13 heavy (non-hydrogen) atoms. The smallest absolute Gasteiger partial charge is 0.379 e. The van der Waals surface area contributed by atoms with Crippen molar-refractivity contribution in [3.05, 3.63) is 0 Å². The van der Waals surface area contributed by atoms with Crippen molar-refractivity contribution in [2.75, 3.05) is 21.3 Å². The van der Waals surface area contributed by atoms with E-state index in [4.69, 9.17) is 13.3 Å². The average molecular weight is 206 g/mol. The van der Waals surface area contributed by atoms with Gasteiger partial charge in [-0.2, -0.15) is 0 Å². The fourth-order valence-electron chi connectivity index (χ4n) is 1.35. The second kappa shape index (κ2) is 10.2. The fourth-order valence-corrected chi connectivity index (χ4v) is 1.93. The van der Waals surface area contributed by atoms with Gasteiger partial charge in [0.1, 0.15) is 0 Å². The summed E-state index contributed by atoms with van der Waals surface area (Å²) >= 11 is 0. The van der Waals surface area contributed by atoms with Gasteiger partial charge in [-0.3, -0.25) is 0 Å². The Morgan fingerprint density at radius 1 is 0.615 bits per heavy atom. The van der Waals surface area contributed by atoms with E-state index in [1.807, 2.05) is 0 Å². The van der Waals surface area contributed by atoms with Gasteiger partial charge < -0.3 is 13.3 Å². The summed E-state index contributed by atoms with van der Waals surface area (Å²) in [6.45, 7) is 0. The van der Waals surface area contributed by atoms with Crippen LogP contribution in [0.1, 0.15) is 38.5 Å². The first kappa shape index (κ1) is 13.1. The molecule has 80 valence electrons. The lowest BCUT2D eigenvalue weighted by atomic mass is 10.0. The SMILES string of the molecule is C1CCCCC1.CO[SiH](OC)OC. The van der Waals surface area contributed by atoms with E-state index in [1.54, 1.807) is 21.3 Å². The van der Waals surface area contributed by atoms with E-state index in [9.17, 15) is 0 Å². The van der Waals surface area contributed by atoms with E-state index < -0.39 is 9.53 Å². The third-order valence-electron chi connectivity index (χ3n) is 2.08. The van der Waals surface area contributed by atoms with E-state index in [0.29, 0.717) is 0 Å². The molecule has 1 fully saturated rings. The number of hydrogen-bond acceptors (Lipinski definition) is 3. The van der Waals surface area contributed by atoms with Crippen molar-refractivity contribution in [1.29, 1.82) is 0 Å². The Bertz CT molecular complexity index is 75.8. The molecule has 1 saturated carbocycles. The summed E-state index contributed by atoms with van der Waals surface area (Å²) in [5, 5.41) is 0.